The van der Waals surface area contributed by atoms with Crippen LogP contribution in [0.4, 0.5) is 13.2 Å². The van der Waals surface area contributed by atoms with Crippen LogP contribution in [0.5, 0.6) is 5.75 Å². The first-order valence-electron chi connectivity index (χ1n) is 4.55. The van der Waals surface area contributed by atoms with Crippen LogP contribution >= 0.6 is 15.9 Å². The average Bonchev–Trinajstić information content (AvgIpc) is 2.22. The van der Waals surface area contributed by atoms with E-state index in [2.05, 4.69) is 25.7 Å². The smallest absolute Gasteiger partial charge is 0.405 e. The number of halogens is 4. The summed E-state index contributed by atoms with van der Waals surface area (Å²) in [6.45, 7) is 1.47. The van der Waals surface area contributed by atoms with Gasteiger partial charge in [-0.1, -0.05) is 15.9 Å². The number of hydrogen-bond donors (Lipinski definition) is 0. The summed E-state index contributed by atoms with van der Waals surface area (Å²) in [5, 5.41) is 8.71. The van der Waals surface area contributed by atoms with Crippen molar-refractivity contribution < 1.29 is 17.9 Å². The van der Waals surface area contributed by atoms with E-state index in [-0.39, 0.29) is 34.3 Å². The van der Waals surface area contributed by atoms with Crippen molar-refractivity contribution in [2.75, 3.05) is 0 Å². The lowest BCUT2D eigenvalue weighted by Gasteiger charge is -2.16. The zero-order valence-electron chi connectivity index (χ0n) is 8.81. The molecule has 0 unspecified atom stereocenters. The van der Waals surface area contributed by atoms with E-state index in [1.807, 2.05) is 6.07 Å². The molecule has 1 aromatic rings. The van der Waals surface area contributed by atoms with E-state index in [0.717, 1.165) is 0 Å². The van der Waals surface area contributed by atoms with E-state index in [4.69, 9.17) is 5.26 Å². The Hall–Kier alpha value is -1.29. The van der Waals surface area contributed by atoms with Gasteiger partial charge >= 0.3 is 6.36 Å². The van der Waals surface area contributed by atoms with Gasteiger partial charge in [0.1, 0.15) is 5.75 Å². The van der Waals surface area contributed by atoms with E-state index in [1.54, 1.807) is 0 Å². The first-order valence-corrected chi connectivity index (χ1v) is 5.67. The molecule has 17 heavy (non-hydrogen) atoms. The van der Waals surface area contributed by atoms with Crippen LogP contribution in [0, 0.1) is 18.3 Å². The molecule has 0 atom stereocenters. The number of rotatable bonds is 3. The lowest BCUT2D eigenvalue weighted by molar-refractivity contribution is -0.275. The molecular formula is C10H8BrF3N2O. The highest BCUT2D eigenvalue weighted by atomic mass is 79.9. The van der Waals surface area contributed by atoms with Crippen molar-refractivity contribution in [2.45, 2.75) is 25.0 Å². The van der Waals surface area contributed by atoms with E-state index in [0.29, 0.717) is 0 Å². The maximum absolute atomic E-state index is 12.2. The SMILES string of the molecule is Cc1cnc(CC#N)c(CBr)c1OC(F)(F)F. The molecule has 1 heterocycles. The van der Waals surface area contributed by atoms with Gasteiger partial charge < -0.3 is 4.74 Å². The van der Waals surface area contributed by atoms with Gasteiger partial charge in [-0.05, 0) is 6.92 Å². The Bertz CT molecular complexity index is 454. The van der Waals surface area contributed by atoms with Crippen LogP contribution in [0.3, 0.4) is 0 Å². The Morgan fingerprint density at radius 1 is 1.53 bits per heavy atom. The predicted molar refractivity (Wildman–Crippen MR) is 57.6 cm³/mol. The number of hydrogen-bond acceptors (Lipinski definition) is 3. The van der Waals surface area contributed by atoms with Gasteiger partial charge in [0.15, 0.2) is 0 Å². The molecule has 0 spiro atoms. The largest absolute Gasteiger partial charge is 0.573 e. The average molecular weight is 309 g/mol. The van der Waals surface area contributed by atoms with Crippen LogP contribution in [-0.4, -0.2) is 11.3 Å². The van der Waals surface area contributed by atoms with Gasteiger partial charge in [-0.3, -0.25) is 4.98 Å². The molecule has 0 fully saturated rings. The standard InChI is InChI=1S/C10H8BrF3N2O/c1-6-5-16-8(2-3-15)7(4-11)9(6)17-10(12,13)14/h5H,2,4H2,1H3. The number of nitriles is 1. The molecule has 0 aliphatic rings. The first-order chi connectivity index (χ1) is 7.89. The molecule has 1 aromatic heterocycles. The zero-order valence-corrected chi connectivity index (χ0v) is 10.4. The van der Waals surface area contributed by atoms with Crippen molar-refractivity contribution >= 4 is 15.9 Å². The van der Waals surface area contributed by atoms with Crippen LogP contribution in [0.15, 0.2) is 6.20 Å². The number of nitrogens with zero attached hydrogens (tertiary/aromatic N) is 2. The lowest BCUT2D eigenvalue weighted by Crippen LogP contribution is -2.19. The highest BCUT2D eigenvalue weighted by Crippen LogP contribution is 2.32. The lowest BCUT2D eigenvalue weighted by atomic mass is 10.1. The van der Waals surface area contributed by atoms with Crippen LogP contribution in [-0.2, 0) is 11.8 Å². The van der Waals surface area contributed by atoms with E-state index in [9.17, 15) is 13.2 Å². The molecule has 1 rings (SSSR count). The molecule has 0 saturated carbocycles. The maximum atomic E-state index is 12.2. The summed E-state index contributed by atoms with van der Waals surface area (Å²) in [6.07, 6.45) is -3.55. The van der Waals surface area contributed by atoms with Gasteiger partial charge in [-0.15, -0.1) is 13.2 Å². The van der Waals surface area contributed by atoms with Crippen molar-refractivity contribution in [3.8, 4) is 11.8 Å². The number of aromatic nitrogens is 1. The van der Waals surface area contributed by atoms with Gasteiger partial charge in [0.2, 0.25) is 0 Å². The molecule has 3 nitrogen and oxygen atoms in total. The molecule has 0 aromatic carbocycles. The Balaban J connectivity index is 3.26. The van der Waals surface area contributed by atoms with Gasteiger partial charge in [0.25, 0.3) is 0 Å². The summed E-state index contributed by atoms with van der Waals surface area (Å²) < 4.78 is 40.7. The van der Waals surface area contributed by atoms with E-state index < -0.39 is 6.36 Å². The molecule has 0 radical (unpaired) electrons. The normalized spacial score (nSPS) is 11.1. The monoisotopic (exact) mass is 308 g/mol. The molecule has 7 heteroatoms. The highest BCUT2D eigenvalue weighted by Gasteiger charge is 2.33. The Kier molecular flexibility index (Phi) is 4.34. The molecular weight excluding hydrogens is 301 g/mol. The topological polar surface area (TPSA) is 45.9 Å². The summed E-state index contributed by atoms with van der Waals surface area (Å²) in [6, 6.07) is 1.85. The summed E-state index contributed by atoms with van der Waals surface area (Å²) in [5.74, 6) is -0.283. The van der Waals surface area contributed by atoms with E-state index >= 15 is 0 Å². The van der Waals surface area contributed by atoms with Crippen molar-refractivity contribution in [3.05, 3.63) is 23.0 Å². The van der Waals surface area contributed by atoms with E-state index in [1.165, 1.54) is 13.1 Å². The minimum Gasteiger partial charge on any atom is -0.405 e. The van der Waals surface area contributed by atoms with Crippen LogP contribution < -0.4 is 4.74 Å². The summed E-state index contributed by atoms with van der Waals surface area (Å²) in [4.78, 5) is 3.93. The van der Waals surface area contributed by atoms with Crippen LogP contribution in [0.25, 0.3) is 0 Å². The third-order valence-corrected chi connectivity index (χ3v) is 2.55. The second-order valence-electron chi connectivity index (χ2n) is 3.21. The Morgan fingerprint density at radius 2 is 2.18 bits per heavy atom. The summed E-state index contributed by atoms with van der Waals surface area (Å²) in [7, 11) is 0. The zero-order chi connectivity index (χ0) is 13.1. The number of alkyl halides is 4. The van der Waals surface area contributed by atoms with Gasteiger partial charge in [0.05, 0.1) is 18.2 Å². The Morgan fingerprint density at radius 3 is 2.65 bits per heavy atom. The second-order valence-corrected chi connectivity index (χ2v) is 3.77. The van der Waals surface area contributed by atoms with Gasteiger partial charge in [0, 0.05) is 22.7 Å². The number of aryl methyl sites for hydroxylation is 1. The molecule has 92 valence electrons. The molecule has 0 bridgehead atoms. The molecule has 0 amide bonds. The molecule has 0 saturated heterocycles. The predicted octanol–water partition coefficient (Wildman–Crippen LogP) is 3.25. The van der Waals surface area contributed by atoms with Crippen molar-refractivity contribution in [1.29, 1.82) is 5.26 Å². The Labute approximate surface area is 104 Å². The third kappa shape index (κ3) is 3.60. The minimum atomic E-state index is -4.76. The summed E-state index contributed by atoms with van der Waals surface area (Å²) >= 11 is 3.07. The maximum Gasteiger partial charge on any atom is 0.573 e. The molecule has 0 aliphatic carbocycles. The van der Waals surface area contributed by atoms with Crippen LogP contribution in [0.1, 0.15) is 16.8 Å². The van der Waals surface area contributed by atoms with Crippen molar-refractivity contribution in [3.63, 3.8) is 0 Å². The fraction of sp³-hybridized carbons (Fsp3) is 0.400. The molecule has 0 N–H and O–H groups in total. The third-order valence-electron chi connectivity index (χ3n) is 1.99. The van der Waals surface area contributed by atoms with Crippen molar-refractivity contribution in [2.24, 2.45) is 0 Å². The van der Waals surface area contributed by atoms with Crippen molar-refractivity contribution in [1.82, 2.24) is 4.98 Å². The van der Waals surface area contributed by atoms with Gasteiger partial charge in [-0.25, -0.2) is 0 Å². The summed E-state index contributed by atoms with van der Waals surface area (Å²) in [5.41, 5.74) is 0.816. The number of ether oxygens (including phenoxy) is 1. The quantitative estimate of drug-likeness (QED) is 0.805. The van der Waals surface area contributed by atoms with Crippen LogP contribution in [0.2, 0.25) is 0 Å². The molecule has 0 aliphatic heterocycles. The fourth-order valence-corrected chi connectivity index (χ4v) is 1.88. The first kappa shape index (κ1) is 13.8. The number of pyridine rings is 1. The highest BCUT2D eigenvalue weighted by molar-refractivity contribution is 9.08. The minimum absolute atomic E-state index is 0.0601. The van der Waals surface area contributed by atoms with Gasteiger partial charge in [-0.2, -0.15) is 5.26 Å². The second kappa shape index (κ2) is 5.36. The fourth-order valence-electron chi connectivity index (χ4n) is 1.30.